The van der Waals surface area contributed by atoms with Crippen LogP contribution in [-0.2, 0) is 4.79 Å². The van der Waals surface area contributed by atoms with E-state index in [0.29, 0.717) is 12.2 Å². The van der Waals surface area contributed by atoms with Gasteiger partial charge in [-0.1, -0.05) is 25.0 Å². The van der Waals surface area contributed by atoms with Gasteiger partial charge in [0, 0.05) is 39.3 Å². The summed E-state index contributed by atoms with van der Waals surface area (Å²) >= 11 is 0. The van der Waals surface area contributed by atoms with Gasteiger partial charge in [0.2, 0.25) is 5.91 Å². The average Bonchev–Trinajstić information content (AvgIpc) is 2.86. The molecule has 1 aromatic rings. The molecular weight excluding hydrogens is 293 g/mol. The Morgan fingerprint density at radius 3 is 2.22 bits per heavy atom. The predicted octanol–water partition coefficient (Wildman–Crippen LogP) is 2.35. The first kappa shape index (κ1) is 16.2. The molecular formula is C18H26FN3O. The Balaban J connectivity index is 1.49. The molecule has 1 aromatic carbocycles. The highest BCUT2D eigenvalue weighted by atomic mass is 19.1. The van der Waals surface area contributed by atoms with Crippen LogP contribution in [0.15, 0.2) is 24.3 Å². The van der Waals surface area contributed by atoms with E-state index in [0.717, 1.165) is 52.1 Å². The zero-order chi connectivity index (χ0) is 16.1. The fourth-order valence-electron chi connectivity index (χ4n) is 3.47. The van der Waals surface area contributed by atoms with Crippen molar-refractivity contribution in [3.8, 4) is 0 Å². The summed E-state index contributed by atoms with van der Waals surface area (Å²) in [5, 5.41) is 0. The molecule has 0 N–H and O–H groups in total. The van der Waals surface area contributed by atoms with Crippen LogP contribution in [-0.4, -0.2) is 61.5 Å². The van der Waals surface area contributed by atoms with Gasteiger partial charge in [-0.2, -0.15) is 0 Å². The van der Waals surface area contributed by atoms with Crippen molar-refractivity contribution in [2.75, 3.05) is 50.7 Å². The van der Waals surface area contributed by atoms with Crippen molar-refractivity contribution < 1.29 is 9.18 Å². The number of anilines is 1. The second-order valence-corrected chi connectivity index (χ2v) is 6.51. The van der Waals surface area contributed by atoms with Crippen LogP contribution in [0.25, 0.3) is 0 Å². The number of rotatable bonds is 3. The fourth-order valence-corrected chi connectivity index (χ4v) is 3.47. The Morgan fingerprint density at radius 1 is 0.913 bits per heavy atom. The van der Waals surface area contributed by atoms with E-state index in [1.165, 1.54) is 18.9 Å². The highest BCUT2D eigenvalue weighted by Crippen LogP contribution is 2.20. The third-order valence-electron chi connectivity index (χ3n) is 4.88. The number of hydrogen-bond acceptors (Lipinski definition) is 3. The molecule has 0 aromatic heterocycles. The van der Waals surface area contributed by atoms with Crippen molar-refractivity contribution in [2.24, 2.45) is 0 Å². The molecule has 0 radical (unpaired) electrons. The molecule has 0 unspecified atom stereocenters. The summed E-state index contributed by atoms with van der Waals surface area (Å²) in [6.45, 7) is 5.50. The smallest absolute Gasteiger partial charge is 0.236 e. The van der Waals surface area contributed by atoms with Crippen LogP contribution in [0.5, 0.6) is 0 Å². The van der Waals surface area contributed by atoms with Crippen molar-refractivity contribution in [3.05, 3.63) is 30.1 Å². The van der Waals surface area contributed by atoms with Gasteiger partial charge in [0.05, 0.1) is 12.2 Å². The average molecular weight is 319 g/mol. The summed E-state index contributed by atoms with van der Waals surface area (Å²) in [6.07, 6.45) is 4.75. The number of carbonyl (C=O) groups is 1. The Bertz CT molecular complexity index is 521. The van der Waals surface area contributed by atoms with Gasteiger partial charge >= 0.3 is 0 Å². The van der Waals surface area contributed by atoms with Gasteiger partial charge < -0.3 is 9.80 Å². The van der Waals surface area contributed by atoms with Crippen LogP contribution in [0.2, 0.25) is 0 Å². The molecule has 0 atom stereocenters. The van der Waals surface area contributed by atoms with Crippen LogP contribution < -0.4 is 4.90 Å². The molecule has 5 heteroatoms. The van der Waals surface area contributed by atoms with Gasteiger partial charge in [-0.15, -0.1) is 0 Å². The van der Waals surface area contributed by atoms with Gasteiger partial charge in [-0.05, 0) is 25.0 Å². The number of carbonyl (C=O) groups excluding carboxylic acids is 1. The Hall–Kier alpha value is -1.62. The van der Waals surface area contributed by atoms with Crippen LogP contribution in [0.3, 0.4) is 0 Å². The summed E-state index contributed by atoms with van der Waals surface area (Å²) in [4.78, 5) is 18.7. The van der Waals surface area contributed by atoms with E-state index in [4.69, 9.17) is 0 Å². The molecule has 0 saturated carbocycles. The SMILES string of the molecule is O=C(CN1CCN(c2ccccc2F)CC1)N1CCCCCC1. The molecule has 23 heavy (non-hydrogen) atoms. The maximum atomic E-state index is 13.8. The van der Waals surface area contributed by atoms with E-state index in [1.807, 2.05) is 17.0 Å². The van der Waals surface area contributed by atoms with E-state index in [1.54, 1.807) is 6.07 Å². The zero-order valence-electron chi connectivity index (χ0n) is 13.7. The zero-order valence-corrected chi connectivity index (χ0v) is 13.7. The summed E-state index contributed by atoms with van der Waals surface area (Å²) in [5.41, 5.74) is 0.672. The third kappa shape index (κ3) is 4.22. The van der Waals surface area contributed by atoms with Gasteiger partial charge in [0.1, 0.15) is 5.82 Å². The van der Waals surface area contributed by atoms with Crippen molar-refractivity contribution in [3.63, 3.8) is 0 Å². The highest BCUT2D eigenvalue weighted by Gasteiger charge is 2.23. The van der Waals surface area contributed by atoms with E-state index in [9.17, 15) is 9.18 Å². The quantitative estimate of drug-likeness (QED) is 0.856. The molecule has 126 valence electrons. The minimum atomic E-state index is -0.165. The number of likely N-dealkylation sites (tertiary alicyclic amines) is 1. The molecule has 2 aliphatic heterocycles. The van der Waals surface area contributed by atoms with Crippen LogP contribution in [0.4, 0.5) is 10.1 Å². The first-order valence-electron chi connectivity index (χ1n) is 8.73. The Morgan fingerprint density at radius 2 is 1.57 bits per heavy atom. The van der Waals surface area contributed by atoms with E-state index < -0.39 is 0 Å². The van der Waals surface area contributed by atoms with E-state index in [2.05, 4.69) is 9.80 Å². The number of benzene rings is 1. The van der Waals surface area contributed by atoms with Crippen LogP contribution in [0, 0.1) is 5.82 Å². The molecule has 3 rings (SSSR count). The first-order valence-corrected chi connectivity index (χ1v) is 8.73. The summed E-state index contributed by atoms with van der Waals surface area (Å²) in [5.74, 6) is 0.0906. The largest absolute Gasteiger partial charge is 0.367 e. The molecule has 4 nitrogen and oxygen atoms in total. The molecule has 0 bridgehead atoms. The number of nitrogens with zero attached hydrogens (tertiary/aromatic N) is 3. The van der Waals surface area contributed by atoms with E-state index >= 15 is 0 Å². The van der Waals surface area contributed by atoms with Crippen molar-refractivity contribution in [1.29, 1.82) is 0 Å². The van der Waals surface area contributed by atoms with Gasteiger partial charge in [-0.25, -0.2) is 4.39 Å². The summed E-state index contributed by atoms with van der Waals surface area (Å²) < 4.78 is 13.8. The van der Waals surface area contributed by atoms with Gasteiger partial charge in [-0.3, -0.25) is 9.69 Å². The number of hydrogen-bond donors (Lipinski definition) is 0. The second kappa shape index (κ2) is 7.77. The van der Waals surface area contributed by atoms with Gasteiger partial charge in [0.15, 0.2) is 0 Å². The third-order valence-corrected chi connectivity index (χ3v) is 4.88. The fraction of sp³-hybridized carbons (Fsp3) is 0.611. The molecule has 2 fully saturated rings. The van der Waals surface area contributed by atoms with Crippen molar-refractivity contribution in [2.45, 2.75) is 25.7 Å². The molecule has 2 heterocycles. The van der Waals surface area contributed by atoms with Gasteiger partial charge in [0.25, 0.3) is 0 Å². The molecule has 0 aliphatic carbocycles. The maximum absolute atomic E-state index is 13.8. The lowest BCUT2D eigenvalue weighted by Crippen LogP contribution is -2.50. The monoisotopic (exact) mass is 319 g/mol. The first-order chi connectivity index (χ1) is 11.2. The Labute approximate surface area is 137 Å². The summed E-state index contributed by atoms with van der Waals surface area (Å²) in [6, 6.07) is 6.92. The molecule has 1 amide bonds. The molecule has 2 aliphatic rings. The second-order valence-electron chi connectivity index (χ2n) is 6.51. The lowest BCUT2D eigenvalue weighted by Gasteiger charge is -2.36. The topological polar surface area (TPSA) is 26.8 Å². The number of amides is 1. The van der Waals surface area contributed by atoms with Crippen molar-refractivity contribution in [1.82, 2.24) is 9.80 Å². The van der Waals surface area contributed by atoms with Crippen LogP contribution >= 0.6 is 0 Å². The molecule has 2 saturated heterocycles. The maximum Gasteiger partial charge on any atom is 0.236 e. The number of piperazine rings is 1. The highest BCUT2D eigenvalue weighted by molar-refractivity contribution is 5.78. The Kier molecular flexibility index (Phi) is 5.49. The standard InChI is InChI=1S/C18H26FN3O/c19-16-7-3-4-8-17(16)21-13-11-20(12-14-21)15-18(23)22-9-5-1-2-6-10-22/h3-4,7-8H,1-2,5-6,9-15H2. The predicted molar refractivity (Wildman–Crippen MR) is 90.1 cm³/mol. The lowest BCUT2D eigenvalue weighted by atomic mass is 10.2. The number of halogens is 1. The normalized spacial score (nSPS) is 20.4. The summed E-state index contributed by atoms with van der Waals surface area (Å²) in [7, 11) is 0. The number of para-hydroxylation sites is 1. The van der Waals surface area contributed by atoms with E-state index in [-0.39, 0.29) is 11.7 Å². The molecule has 0 spiro atoms. The van der Waals surface area contributed by atoms with Crippen LogP contribution in [0.1, 0.15) is 25.7 Å². The minimum absolute atomic E-state index is 0.165. The van der Waals surface area contributed by atoms with Crippen molar-refractivity contribution >= 4 is 11.6 Å². The minimum Gasteiger partial charge on any atom is -0.367 e. The lowest BCUT2D eigenvalue weighted by molar-refractivity contribution is -0.132.